The predicted octanol–water partition coefficient (Wildman–Crippen LogP) is 4.14. The van der Waals surface area contributed by atoms with Crippen LogP contribution in [0.5, 0.6) is 0 Å². The first kappa shape index (κ1) is 14.8. The summed E-state index contributed by atoms with van der Waals surface area (Å²) in [6, 6.07) is 19.0. The Bertz CT molecular complexity index is 963. The zero-order valence-corrected chi connectivity index (χ0v) is 13.5. The smallest absolute Gasteiger partial charge is 0.256 e. The highest BCUT2D eigenvalue weighted by atomic mass is 32.2. The highest BCUT2D eigenvalue weighted by Crippen LogP contribution is 2.33. The van der Waals surface area contributed by atoms with Crippen LogP contribution in [0.25, 0.3) is 10.8 Å². The van der Waals surface area contributed by atoms with Gasteiger partial charge >= 0.3 is 0 Å². The minimum atomic E-state index is -0.165. The van der Waals surface area contributed by atoms with Gasteiger partial charge in [0.15, 0.2) is 0 Å². The topological polar surface area (TPSA) is 58.2 Å². The first-order valence-corrected chi connectivity index (χ1v) is 8.55. The quantitative estimate of drug-likeness (QED) is 0.740. The maximum atomic E-state index is 12.7. The molecule has 0 saturated carbocycles. The number of carbonyl (C=O) groups excluding carboxylic acids is 2. The molecule has 0 unspecified atom stereocenters. The standard InChI is InChI=1S/C19H14N2O2S/c22-18-11-24-17-9-8-13(10-16(17)21-18)20-19(23)15-7-3-5-12-4-1-2-6-14(12)15/h1-10H,11H2,(H,20,23)(H,21,22). The molecule has 24 heavy (non-hydrogen) atoms. The summed E-state index contributed by atoms with van der Waals surface area (Å²) in [6.07, 6.45) is 0. The van der Waals surface area contributed by atoms with Crippen molar-refractivity contribution in [2.45, 2.75) is 4.90 Å². The molecular formula is C19H14N2O2S. The van der Waals surface area contributed by atoms with Crippen LogP contribution in [-0.2, 0) is 4.79 Å². The second-order valence-electron chi connectivity index (χ2n) is 5.53. The lowest BCUT2D eigenvalue weighted by atomic mass is 10.0. The van der Waals surface area contributed by atoms with Gasteiger partial charge in [-0.2, -0.15) is 0 Å². The molecular weight excluding hydrogens is 320 g/mol. The summed E-state index contributed by atoms with van der Waals surface area (Å²) in [5.74, 6) is 0.237. The van der Waals surface area contributed by atoms with Gasteiger partial charge in [-0.25, -0.2) is 0 Å². The van der Waals surface area contributed by atoms with E-state index in [9.17, 15) is 9.59 Å². The molecule has 0 radical (unpaired) electrons. The number of fused-ring (bicyclic) bond motifs is 2. The zero-order chi connectivity index (χ0) is 16.5. The van der Waals surface area contributed by atoms with Crippen LogP contribution in [0.3, 0.4) is 0 Å². The third kappa shape index (κ3) is 2.74. The van der Waals surface area contributed by atoms with Gasteiger partial charge in [-0.3, -0.25) is 9.59 Å². The van der Waals surface area contributed by atoms with E-state index in [1.54, 1.807) is 6.07 Å². The van der Waals surface area contributed by atoms with Crippen LogP contribution < -0.4 is 10.6 Å². The Morgan fingerprint density at radius 3 is 2.79 bits per heavy atom. The van der Waals surface area contributed by atoms with Gasteiger partial charge in [0.25, 0.3) is 5.91 Å². The molecule has 0 saturated heterocycles. The van der Waals surface area contributed by atoms with Gasteiger partial charge in [-0.1, -0.05) is 36.4 Å². The number of amides is 2. The number of carbonyl (C=O) groups is 2. The minimum Gasteiger partial charge on any atom is -0.324 e. The van der Waals surface area contributed by atoms with Crippen molar-refractivity contribution in [3.8, 4) is 0 Å². The Morgan fingerprint density at radius 1 is 1.04 bits per heavy atom. The van der Waals surface area contributed by atoms with Gasteiger partial charge in [0, 0.05) is 16.1 Å². The summed E-state index contributed by atoms with van der Waals surface area (Å²) < 4.78 is 0. The Morgan fingerprint density at radius 2 is 1.88 bits per heavy atom. The summed E-state index contributed by atoms with van der Waals surface area (Å²) in [6.45, 7) is 0. The molecule has 1 aliphatic rings. The van der Waals surface area contributed by atoms with Crippen molar-refractivity contribution < 1.29 is 9.59 Å². The summed E-state index contributed by atoms with van der Waals surface area (Å²) >= 11 is 1.50. The van der Waals surface area contributed by atoms with E-state index in [0.717, 1.165) is 21.4 Å². The Kier molecular flexibility index (Phi) is 3.70. The van der Waals surface area contributed by atoms with Gasteiger partial charge < -0.3 is 10.6 Å². The van der Waals surface area contributed by atoms with Crippen LogP contribution >= 0.6 is 11.8 Å². The van der Waals surface area contributed by atoms with Crippen LogP contribution in [0.2, 0.25) is 0 Å². The average Bonchev–Trinajstić information content (AvgIpc) is 2.61. The molecule has 1 aliphatic heterocycles. The molecule has 2 amide bonds. The molecule has 5 heteroatoms. The monoisotopic (exact) mass is 334 g/mol. The van der Waals surface area contributed by atoms with Crippen molar-refractivity contribution in [3.05, 3.63) is 66.2 Å². The van der Waals surface area contributed by atoms with Crippen molar-refractivity contribution in [1.82, 2.24) is 0 Å². The number of anilines is 2. The average molecular weight is 334 g/mol. The number of hydrogen-bond acceptors (Lipinski definition) is 3. The van der Waals surface area contributed by atoms with Gasteiger partial charge in [0.2, 0.25) is 5.91 Å². The third-order valence-corrected chi connectivity index (χ3v) is 4.98. The fourth-order valence-electron chi connectivity index (χ4n) is 2.78. The summed E-state index contributed by atoms with van der Waals surface area (Å²) in [7, 11) is 0. The second-order valence-corrected chi connectivity index (χ2v) is 6.55. The normalized spacial score (nSPS) is 13.2. The Labute approximate surface area is 143 Å². The number of benzene rings is 3. The third-order valence-electron chi connectivity index (χ3n) is 3.90. The highest BCUT2D eigenvalue weighted by molar-refractivity contribution is 8.00. The lowest BCUT2D eigenvalue weighted by Crippen LogP contribution is -2.19. The van der Waals surface area contributed by atoms with Crippen molar-refractivity contribution in [1.29, 1.82) is 0 Å². The molecule has 2 N–H and O–H groups in total. The number of hydrogen-bond donors (Lipinski definition) is 2. The maximum absolute atomic E-state index is 12.7. The molecule has 4 rings (SSSR count). The van der Waals surface area contributed by atoms with Crippen molar-refractivity contribution in [2.75, 3.05) is 16.4 Å². The second kappa shape index (κ2) is 6.02. The molecule has 0 spiro atoms. The van der Waals surface area contributed by atoms with E-state index in [0.29, 0.717) is 17.0 Å². The SMILES string of the molecule is O=C1CSc2ccc(NC(=O)c3cccc4ccccc34)cc2N1. The van der Waals surface area contributed by atoms with Gasteiger partial charge in [0.05, 0.1) is 11.4 Å². The zero-order valence-electron chi connectivity index (χ0n) is 12.7. The molecule has 3 aromatic rings. The van der Waals surface area contributed by atoms with Crippen LogP contribution in [0.1, 0.15) is 10.4 Å². The molecule has 0 atom stereocenters. The van der Waals surface area contributed by atoms with Gasteiger partial charge in [-0.05, 0) is 35.0 Å². The number of rotatable bonds is 2. The first-order chi connectivity index (χ1) is 11.7. The van der Waals surface area contributed by atoms with E-state index in [1.807, 2.05) is 54.6 Å². The first-order valence-electron chi connectivity index (χ1n) is 7.56. The Hall–Kier alpha value is -2.79. The number of thioether (sulfide) groups is 1. The summed E-state index contributed by atoms with van der Waals surface area (Å²) in [5, 5.41) is 7.69. The molecule has 118 valence electrons. The maximum Gasteiger partial charge on any atom is 0.256 e. The van der Waals surface area contributed by atoms with Crippen LogP contribution in [0.15, 0.2) is 65.6 Å². The lowest BCUT2D eigenvalue weighted by Gasteiger charge is -2.17. The fraction of sp³-hybridized carbons (Fsp3) is 0.0526. The fourth-order valence-corrected chi connectivity index (χ4v) is 3.57. The minimum absolute atomic E-state index is 0.0231. The van der Waals surface area contributed by atoms with E-state index in [2.05, 4.69) is 10.6 Å². The molecule has 0 aromatic heterocycles. The molecule has 0 bridgehead atoms. The van der Waals surface area contributed by atoms with E-state index in [-0.39, 0.29) is 11.8 Å². The van der Waals surface area contributed by atoms with Crippen LogP contribution in [0.4, 0.5) is 11.4 Å². The number of nitrogens with one attached hydrogen (secondary N) is 2. The van der Waals surface area contributed by atoms with Gasteiger partial charge in [-0.15, -0.1) is 11.8 Å². The van der Waals surface area contributed by atoms with E-state index >= 15 is 0 Å². The molecule has 4 nitrogen and oxygen atoms in total. The van der Waals surface area contributed by atoms with Crippen LogP contribution in [-0.4, -0.2) is 17.6 Å². The molecule has 0 aliphatic carbocycles. The molecule has 0 fully saturated rings. The highest BCUT2D eigenvalue weighted by Gasteiger charge is 2.16. The van der Waals surface area contributed by atoms with E-state index < -0.39 is 0 Å². The van der Waals surface area contributed by atoms with Crippen molar-refractivity contribution >= 4 is 45.7 Å². The summed E-state index contributed by atoms with van der Waals surface area (Å²) in [5.41, 5.74) is 2.03. The van der Waals surface area contributed by atoms with Crippen molar-refractivity contribution in [3.63, 3.8) is 0 Å². The molecule has 3 aromatic carbocycles. The molecule has 1 heterocycles. The lowest BCUT2D eigenvalue weighted by molar-refractivity contribution is -0.113. The van der Waals surface area contributed by atoms with Gasteiger partial charge in [0.1, 0.15) is 0 Å². The summed E-state index contributed by atoms with van der Waals surface area (Å²) in [4.78, 5) is 25.2. The predicted molar refractivity (Wildman–Crippen MR) is 97.7 cm³/mol. The Balaban J connectivity index is 1.64. The van der Waals surface area contributed by atoms with E-state index in [1.165, 1.54) is 11.8 Å². The van der Waals surface area contributed by atoms with Crippen molar-refractivity contribution in [2.24, 2.45) is 0 Å². The van der Waals surface area contributed by atoms with E-state index in [4.69, 9.17) is 0 Å². The largest absolute Gasteiger partial charge is 0.324 e. The van der Waals surface area contributed by atoms with Crippen LogP contribution in [0, 0.1) is 0 Å².